The van der Waals surface area contributed by atoms with Gasteiger partial charge in [0.15, 0.2) is 5.96 Å². The van der Waals surface area contributed by atoms with Crippen LogP contribution in [0.1, 0.15) is 43.7 Å². The van der Waals surface area contributed by atoms with E-state index in [0.717, 1.165) is 82.5 Å². The number of ether oxygens (including phenoxy) is 4. The normalized spacial score (nSPS) is 20.8. The van der Waals surface area contributed by atoms with Crippen molar-refractivity contribution in [3.8, 4) is 5.75 Å². The third-order valence-electron chi connectivity index (χ3n) is 5.56. The molecule has 0 radical (unpaired) electrons. The summed E-state index contributed by atoms with van der Waals surface area (Å²) in [5, 5.41) is 6.71. The third-order valence-corrected chi connectivity index (χ3v) is 5.56. The first-order valence-corrected chi connectivity index (χ1v) is 11.8. The van der Waals surface area contributed by atoms with E-state index in [9.17, 15) is 0 Å². The average Bonchev–Trinajstić information content (AvgIpc) is 3.48. The van der Waals surface area contributed by atoms with Gasteiger partial charge in [0.1, 0.15) is 5.75 Å². The fourth-order valence-electron chi connectivity index (χ4n) is 3.73. The Hall–Kier alpha value is -1.10. The third kappa shape index (κ3) is 9.80. The molecule has 2 saturated heterocycles. The predicted molar refractivity (Wildman–Crippen MR) is 138 cm³/mol. The van der Waals surface area contributed by atoms with Gasteiger partial charge in [0.2, 0.25) is 0 Å². The van der Waals surface area contributed by atoms with Crippen LogP contribution < -0.4 is 15.4 Å². The van der Waals surface area contributed by atoms with Gasteiger partial charge in [-0.1, -0.05) is 12.1 Å². The van der Waals surface area contributed by atoms with Gasteiger partial charge in [0.05, 0.1) is 32.5 Å². The van der Waals surface area contributed by atoms with Gasteiger partial charge in [-0.3, -0.25) is 0 Å². The second-order valence-corrected chi connectivity index (χ2v) is 8.34. The minimum Gasteiger partial charge on any atom is -0.493 e. The van der Waals surface area contributed by atoms with Crippen molar-refractivity contribution in [3.63, 3.8) is 0 Å². The number of halogens is 1. The highest BCUT2D eigenvalue weighted by Gasteiger charge is 2.17. The van der Waals surface area contributed by atoms with Gasteiger partial charge in [-0.2, -0.15) is 0 Å². The number of hydrogen-bond acceptors (Lipinski definition) is 5. The number of aryl methyl sites for hydroxylation is 1. The molecule has 1 aromatic carbocycles. The zero-order valence-corrected chi connectivity index (χ0v) is 21.9. The number of aliphatic imine (C=N–C) groups is 1. The van der Waals surface area contributed by atoms with E-state index in [4.69, 9.17) is 23.9 Å². The molecule has 2 N–H and O–H groups in total. The summed E-state index contributed by atoms with van der Waals surface area (Å²) in [5.41, 5.74) is 2.29. The van der Waals surface area contributed by atoms with Crippen molar-refractivity contribution in [1.29, 1.82) is 0 Å². The largest absolute Gasteiger partial charge is 0.493 e. The lowest BCUT2D eigenvalue weighted by Gasteiger charge is -2.15. The van der Waals surface area contributed by atoms with Gasteiger partial charge in [0, 0.05) is 44.4 Å². The molecule has 2 aliphatic rings. The highest BCUT2D eigenvalue weighted by atomic mass is 127. The Morgan fingerprint density at radius 1 is 1.19 bits per heavy atom. The van der Waals surface area contributed by atoms with Crippen molar-refractivity contribution >= 4 is 29.9 Å². The Bertz CT molecular complexity index is 677. The molecule has 2 heterocycles. The van der Waals surface area contributed by atoms with Crippen LogP contribution >= 0.6 is 24.0 Å². The second kappa shape index (κ2) is 15.7. The minimum atomic E-state index is 0. The van der Waals surface area contributed by atoms with E-state index in [2.05, 4.69) is 42.7 Å². The smallest absolute Gasteiger partial charge is 0.191 e. The molecular formula is C24H40IN3O4. The Labute approximate surface area is 210 Å². The Morgan fingerprint density at radius 3 is 2.84 bits per heavy atom. The van der Waals surface area contributed by atoms with E-state index in [-0.39, 0.29) is 24.0 Å². The molecule has 2 atom stereocenters. The van der Waals surface area contributed by atoms with Crippen LogP contribution in [-0.2, 0) is 20.8 Å². The molecule has 7 nitrogen and oxygen atoms in total. The van der Waals surface area contributed by atoms with Crippen molar-refractivity contribution in [2.24, 2.45) is 10.9 Å². The van der Waals surface area contributed by atoms with Crippen molar-refractivity contribution in [2.75, 3.05) is 52.7 Å². The molecule has 0 saturated carbocycles. The molecular weight excluding hydrogens is 521 g/mol. The summed E-state index contributed by atoms with van der Waals surface area (Å²) < 4.78 is 22.9. The molecule has 2 unspecified atom stereocenters. The van der Waals surface area contributed by atoms with Crippen LogP contribution in [0.5, 0.6) is 5.75 Å². The molecule has 8 heteroatoms. The van der Waals surface area contributed by atoms with E-state index in [1.54, 1.807) is 0 Å². The predicted octanol–water partition coefficient (Wildman–Crippen LogP) is 3.67. The molecule has 182 valence electrons. The van der Waals surface area contributed by atoms with Crippen LogP contribution in [0.15, 0.2) is 23.2 Å². The monoisotopic (exact) mass is 561 g/mol. The first-order chi connectivity index (χ1) is 15.2. The molecule has 3 rings (SSSR count). The van der Waals surface area contributed by atoms with Crippen LogP contribution in [-0.4, -0.2) is 64.8 Å². The highest BCUT2D eigenvalue weighted by Crippen LogP contribution is 2.23. The van der Waals surface area contributed by atoms with Crippen molar-refractivity contribution < 1.29 is 18.9 Å². The van der Waals surface area contributed by atoms with Crippen molar-refractivity contribution in [2.45, 2.75) is 52.2 Å². The van der Waals surface area contributed by atoms with Crippen LogP contribution in [0.4, 0.5) is 0 Å². The first kappa shape index (κ1) is 27.1. The van der Waals surface area contributed by atoms with Crippen LogP contribution in [0.2, 0.25) is 0 Å². The first-order valence-electron chi connectivity index (χ1n) is 11.8. The van der Waals surface area contributed by atoms with Gasteiger partial charge >= 0.3 is 0 Å². The summed E-state index contributed by atoms with van der Waals surface area (Å²) >= 11 is 0. The number of hydrogen-bond donors (Lipinski definition) is 2. The van der Waals surface area contributed by atoms with E-state index in [0.29, 0.717) is 31.8 Å². The minimum absolute atomic E-state index is 0. The molecule has 32 heavy (non-hydrogen) atoms. The van der Waals surface area contributed by atoms with Gasteiger partial charge in [-0.25, -0.2) is 4.99 Å². The Balaban J connectivity index is 0.00000363. The van der Waals surface area contributed by atoms with Crippen LogP contribution in [0, 0.1) is 12.8 Å². The van der Waals surface area contributed by atoms with E-state index < -0.39 is 0 Å². The summed E-state index contributed by atoms with van der Waals surface area (Å²) in [7, 11) is 0. The van der Waals surface area contributed by atoms with Gasteiger partial charge in [-0.05, 0) is 51.2 Å². The average molecular weight is 562 g/mol. The van der Waals surface area contributed by atoms with E-state index in [1.807, 2.05) is 0 Å². The maximum absolute atomic E-state index is 6.14. The van der Waals surface area contributed by atoms with Gasteiger partial charge in [0.25, 0.3) is 0 Å². The summed E-state index contributed by atoms with van der Waals surface area (Å²) in [4.78, 5) is 4.76. The lowest BCUT2D eigenvalue weighted by atomic mass is 10.1. The molecule has 0 aliphatic carbocycles. The van der Waals surface area contributed by atoms with Gasteiger partial charge < -0.3 is 29.6 Å². The molecule has 2 fully saturated rings. The zero-order valence-electron chi connectivity index (χ0n) is 19.6. The zero-order chi connectivity index (χ0) is 21.7. The lowest BCUT2D eigenvalue weighted by Crippen LogP contribution is -2.38. The molecule has 0 bridgehead atoms. The maximum Gasteiger partial charge on any atom is 0.191 e. The second-order valence-electron chi connectivity index (χ2n) is 8.34. The molecule has 0 spiro atoms. The fourth-order valence-corrected chi connectivity index (χ4v) is 3.73. The topological polar surface area (TPSA) is 73.3 Å². The number of nitrogens with zero attached hydrogens (tertiary/aromatic N) is 1. The Morgan fingerprint density at radius 2 is 2.09 bits per heavy atom. The maximum atomic E-state index is 6.14. The number of benzene rings is 1. The summed E-state index contributed by atoms with van der Waals surface area (Å²) in [5.74, 6) is 2.23. The van der Waals surface area contributed by atoms with E-state index >= 15 is 0 Å². The standard InChI is InChI=1S/C24H39N3O4.HI/c1-3-25-24(26-10-5-11-28-18-22-6-4-12-30-22)27-15-21-8-7-19(2)14-23(21)31-17-20-9-13-29-16-20;/h7-8,14,20,22H,3-6,9-13,15-18H2,1-2H3,(H2,25,26,27);1H. The molecule has 0 aromatic heterocycles. The number of rotatable bonds is 12. The van der Waals surface area contributed by atoms with Crippen molar-refractivity contribution in [1.82, 2.24) is 10.6 Å². The SMILES string of the molecule is CCNC(=NCc1ccc(C)cc1OCC1CCOC1)NCCCOCC1CCCO1.I. The molecule has 1 aromatic rings. The van der Waals surface area contributed by atoms with Crippen LogP contribution in [0.3, 0.4) is 0 Å². The van der Waals surface area contributed by atoms with E-state index in [1.165, 1.54) is 5.56 Å². The molecule has 0 amide bonds. The number of guanidine groups is 1. The number of nitrogens with one attached hydrogen (secondary N) is 2. The summed E-state index contributed by atoms with van der Waals surface area (Å²) in [6.45, 7) is 11.0. The lowest BCUT2D eigenvalue weighted by molar-refractivity contribution is 0.0168. The summed E-state index contributed by atoms with van der Waals surface area (Å²) in [6.07, 6.45) is 4.57. The summed E-state index contributed by atoms with van der Waals surface area (Å²) in [6, 6.07) is 6.33. The quantitative estimate of drug-likeness (QED) is 0.176. The Kier molecular flexibility index (Phi) is 13.3. The van der Waals surface area contributed by atoms with Crippen LogP contribution in [0.25, 0.3) is 0 Å². The highest BCUT2D eigenvalue weighted by molar-refractivity contribution is 14.0. The fraction of sp³-hybridized carbons (Fsp3) is 0.708. The molecule has 2 aliphatic heterocycles. The van der Waals surface area contributed by atoms with Gasteiger partial charge in [-0.15, -0.1) is 24.0 Å². The van der Waals surface area contributed by atoms with Crippen molar-refractivity contribution in [3.05, 3.63) is 29.3 Å².